The van der Waals surface area contributed by atoms with Crippen LogP contribution >= 0.6 is 11.8 Å². The zero-order valence-corrected chi connectivity index (χ0v) is 12.8. The summed E-state index contributed by atoms with van der Waals surface area (Å²) < 4.78 is 0. The number of rotatable bonds is 4. The molecule has 106 valence electrons. The van der Waals surface area contributed by atoms with E-state index in [-0.39, 0.29) is 6.04 Å². The second kappa shape index (κ2) is 6.29. The van der Waals surface area contributed by atoms with Gasteiger partial charge < -0.3 is 5.73 Å². The van der Waals surface area contributed by atoms with Gasteiger partial charge in [-0.3, -0.25) is 4.98 Å². The van der Waals surface area contributed by atoms with Crippen LogP contribution in [0.25, 0.3) is 10.9 Å². The normalized spacial score (nSPS) is 12.5. The quantitative estimate of drug-likeness (QED) is 0.718. The Hall–Kier alpha value is -1.84. The molecule has 0 saturated heterocycles. The predicted octanol–water partition coefficient (Wildman–Crippen LogP) is 4.55. The standard InChI is InChI=1S/C18H18N2S/c1-13(19)14-6-8-16(9-7-14)21-12-15-10-11-20-18-5-3-2-4-17(15)18/h2-11,13H,12,19H2,1H3. The number of aromatic nitrogens is 1. The van der Waals surface area contributed by atoms with E-state index >= 15 is 0 Å². The van der Waals surface area contributed by atoms with E-state index in [1.807, 2.05) is 30.9 Å². The first-order chi connectivity index (χ1) is 10.2. The van der Waals surface area contributed by atoms with Crippen LogP contribution in [0.4, 0.5) is 0 Å². The average molecular weight is 294 g/mol. The first kappa shape index (κ1) is 14.1. The van der Waals surface area contributed by atoms with Crippen molar-refractivity contribution in [3.05, 3.63) is 71.9 Å². The minimum absolute atomic E-state index is 0.0909. The zero-order valence-electron chi connectivity index (χ0n) is 12.0. The van der Waals surface area contributed by atoms with Gasteiger partial charge in [-0.05, 0) is 42.3 Å². The zero-order chi connectivity index (χ0) is 14.7. The minimum atomic E-state index is 0.0909. The summed E-state index contributed by atoms with van der Waals surface area (Å²) in [5, 5.41) is 1.24. The fourth-order valence-corrected chi connectivity index (χ4v) is 3.21. The van der Waals surface area contributed by atoms with Crippen LogP contribution in [0.3, 0.4) is 0 Å². The highest BCUT2D eigenvalue weighted by Crippen LogP contribution is 2.27. The molecule has 0 fully saturated rings. The minimum Gasteiger partial charge on any atom is -0.324 e. The monoisotopic (exact) mass is 294 g/mol. The van der Waals surface area contributed by atoms with E-state index in [2.05, 4.69) is 53.5 Å². The highest BCUT2D eigenvalue weighted by Gasteiger charge is 2.03. The predicted molar refractivity (Wildman–Crippen MR) is 90.3 cm³/mol. The number of hydrogen-bond donors (Lipinski definition) is 1. The Labute approximate surface area is 129 Å². The van der Waals surface area contributed by atoms with Crippen molar-refractivity contribution in [3.63, 3.8) is 0 Å². The summed E-state index contributed by atoms with van der Waals surface area (Å²) in [6.45, 7) is 2.01. The van der Waals surface area contributed by atoms with E-state index in [1.54, 1.807) is 0 Å². The van der Waals surface area contributed by atoms with Crippen molar-refractivity contribution in [3.8, 4) is 0 Å². The van der Waals surface area contributed by atoms with Gasteiger partial charge in [-0.2, -0.15) is 0 Å². The Morgan fingerprint density at radius 2 is 1.81 bits per heavy atom. The number of hydrogen-bond acceptors (Lipinski definition) is 3. The van der Waals surface area contributed by atoms with E-state index in [4.69, 9.17) is 5.73 Å². The molecule has 0 spiro atoms. The smallest absolute Gasteiger partial charge is 0.0705 e. The van der Waals surface area contributed by atoms with Gasteiger partial charge in [0.2, 0.25) is 0 Å². The summed E-state index contributed by atoms with van der Waals surface area (Å²) in [6.07, 6.45) is 1.89. The fraction of sp³-hybridized carbons (Fsp3) is 0.167. The van der Waals surface area contributed by atoms with Crippen LogP contribution in [-0.2, 0) is 5.75 Å². The van der Waals surface area contributed by atoms with E-state index < -0.39 is 0 Å². The van der Waals surface area contributed by atoms with Crippen LogP contribution in [0.5, 0.6) is 0 Å². The van der Waals surface area contributed by atoms with Gasteiger partial charge in [0.25, 0.3) is 0 Å². The third kappa shape index (κ3) is 3.26. The Kier molecular flexibility index (Phi) is 4.23. The van der Waals surface area contributed by atoms with Gasteiger partial charge in [-0.15, -0.1) is 11.8 Å². The van der Waals surface area contributed by atoms with Gasteiger partial charge in [0.15, 0.2) is 0 Å². The number of nitrogens with zero attached hydrogens (tertiary/aromatic N) is 1. The van der Waals surface area contributed by atoms with Crippen molar-refractivity contribution in [1.29, 1.82) is 0 Å². The molecular weight excluding hydrogens is 276 g/mol. The lowest BCUT2D eigenvalue weighted by Crippen LogP contribution is -2.04. The average Bonchev–Trinajstić information content (AvgIpc) is 2.53. The van der Waals surface area contributed by atoms with Crippen molar-refractivity contribution in [2.45, 2.75) is 23.6 Å². The lowest BCUT2D eigenvalue weighted by atomic mass is 10.1. The van der Waals surface area contributed by atoms with E-state index in [1.165, 1.54) is 21.4 Å². The van der Waals surface area contributed by atoms with Gasteiger partial charge >= 0.3 is 0 Å². The Bertz CT molecular complexity index is 730. The van der Waals surface area contributed by atoms with Crippen molar-refractivity contribution < 1.29 is 0 Å². The summed E-state index contributed by atoms with van der Waals surface area (Å²) in [5.74, 6) is 0.945. The van der Waals surface area contributed by atoms with Crippen LogP contribution in [-0.4, -0.2) is 4.98 Å². The topological polar surface area (TPSA) is 38.9 Å². The number of para-hydroxylation sites is 1. The molecule has 2 aromatic carbocycles. The second-order valence-electron chi connectivity index (χ2n) is 5.13. The molecule has 2 N–H and O–H groups in total. The van der Waals surface area contributed by atoms with E-state index in [9.17, 15) is 0 Å². The second-order valence-corrected chi connectivity index (χ2v) is 6.18. The summed E-state index contributed by atoms with van der Waals surface area (Å²) >= 11 is 1.84. The van der Waals surface area contributed by atoms with Gasteiger partial charge in [0.1, 0.15) is 0 Å². The van der Waals surface area contributed by atoms with Gasteiger partial charge in [-0.25, -0.2) is 0 Å². The number of pyridine rings is 1. The van der Waals surface area contributed by atoms with Crippen molar-refractivity contribution >= 4 is 22.7 Å². The maximum absolute atomic E-state index is 5.88. The van der Waals surface area contributed by atoms with Crippen LogP contribution in [0, 0.1) is 0 Å². The molecule has 2 nitrogen and oxygen atoms in total. The SMILES string of the molecule is CC(N)c1ccc(SCc2ccnc3ccccc23)cc1. The highest BCUT2D eigenvalue weighted by atomic mass is 32.2. The van der Waals surface area contributed by atoms with E-state index in [0.29, 0.717) is 0 Å². The number of thioether (sulfide) groups is 1. The third-order valence-corrected chi connectivity index (χ3v) is 4.60. The van der Waals surface area contributed by atoms with E-state index in [0.717, 1.165) is 11.3 Å². The molecule has 0 bridgehead atoms. The van der Waals surface area contributed by atoms with Gasteiger partial charge in [-0.1, -0.05) is 30.3 Å². The summed E-state index contributed by atoms with van der Waals surface area (Å²) in [7, 11) is 0. The van der Waals surface area contributed by atoms with Crippen molar-refractivity contribution in [1.82, 2.24) is 4.98 Å². The molecule has 1 aromatic heterocycles. The molecule has 1 heterocycles. The molecule has 1 unspecified atom stereocenters. The number of nitrogens with two attached hydrogens (primary N) is 1. The molecule has 0 aliphatic heterocycles. The molecule has 3 heteroatoms. The van der Waals surface area contributed by atoms with Crippen molar-refractivity contribution in [2.75, 3.05) is 0 Å². The molecule has 0 saturated carbocycles. The first-order valence-electron chi connectivity index (χ1n) is 7.05. The molecule has 0 aliphatic carbocycles. The largest absolute Gasteiger partial charge is 0.324 e. The maximum Gasteiger partial charge on any atom is 0.0705 e. The van der Waals surface area contributed by atoms with Crippen LogP contribution < -0.4 is 5.73 Å². The Morgan fingerprint density at radius 3 is 2.57 bits per heavy atom. The lowest BCUT2D eigenvalue weighted by molar-refractivity contribution is 0.817. The third-order valence-electron chi connectivity index (χ3n) is 3.54. The maximum atomic E-state index is 5.88. The Balaban J connectivity index is 1.77. The van der Waals surface area contributed by atoms with Crippen LogP contribution in [0.2, 0.25) is 0 Å². The molecule has 3 aromatic rings. The molecule has 0 amide bonds. The summed E-state index contributed by atoms with van der Waals surface area (Å²) in [4.78, 5) is 5.67. The molecular formula is C18H18N2S. The number of benzene rings is 2. The molecule has 1 atom stereocenters. The molecule has 0 radical (unpaired) electrons. The summed E-state index contributed by atoms with van der Waals surface area (Å²) in [5.41, 5.74) is 9.43. The highest BCUT2D eigenvalue weighted by molar-refractivity contribution is 7.98. The van der Waals surface area contributed by atoms with Crippen LogP contribution in [0.1, 0.15) is 24.1 Å². The molecule has 3 rings (SSSR count). The molecule has 0 aliphatic rings. The summed E-state index contributed by atoms with van der Waals surface area (Å²) in [6, 6.07) is 19.0. The lowest BCUT2D eigenvalue weighted by Gasteiger charge is -2.08. The first-order valence-corrected chi connectivity index (χ1v) is 8.03. The van der Waals surface area contributed by atoms with Gasteiger partial charge in [0.05, 0.1) is 5.52 Å². The number of fused-ring (bicyclic) bond motifs is 1. The van der Waals surface area contributed by atoms with Gasteiger partial charge in [0, 0.05) is 28.3 Å². The van der Waals surface area contributed by atoms with Crippen LogP contribution in [0.15, 0.2) is 65.7 Å². The fourth-order valence-electron chi connectivity index (χ4n) is 2.31. The van der Waals surface area contributed by atoms with Crippen molar-refractivity contribution in [2.24, 2.45) is 5.73 Å². The molecule has 21 heavy (non-hydrogen) atoms. The Morgan fingerprint density at radius 1 is 1.05 bits per heavy atom.